The molecule has 1 aromatic heterocycles. The Morgan fingerprint density at radius 2 is 1.88 bits per heavy atom. The lowest BCUT2D eigenvalue weighted by atomic mass is 10.0. The maximum atomic E-state index is 12.5. The number of hydrogen-bond donors (Lipinski definition) is 2. The van der Waals surface area contributed by atoms with Crippen LogP contribution in [0.25, 0.3) is 0 Å². The third kappa shape index (κ3) is 4.26. The summed E-state index contributed by atoms with van der Waals surface area (Å²) in [4.78, 5) is 12.5. The zero-order valence-corrected chi connectivity index (χ0v) is 15.7. The van der Waals surface area contributed by atoms with Crippen LogP contribution >= 0.6 is 12.2 Å². The number of aromatic nitrogens is 3. The Bertz CT molecular complexity index is 946. The molecule has 0 saturated heterocycles. The van der Waals surface area contributed by atoms with Gasteiger partial charge in [0.15, 0.2) is 4.77 Å². The van der Waals surface area contributed by atoms with E-state index in [-0.39, 0.29) is 18.4 Å². The molecule has 1 amide bonds. The number of amides is 1. The van der Waals surface area contributed by atoms with E-state index in [1.807, 2.05) is 73.0 Å². The largest absolute Gasteiger partial charge is 0.349 e. The van der Waals surface area contributed by atoms with Gasteiger partial charge in [-0.3, -0.25) is 14.5 Å². The van der Waals surface area contributed by atoms with Gasteiger partial charge in [0.1, 0.15) is 5.82 Å². The van der Waals surface area contributed by atoms with Gasteiger partial charge in [0.2, 0.25) is 5.91 Å². The van der Waals surface area contributed by atoms with Crippen LogP contribution in [0.1, 0.15) is 35.5 Å². The van der Waals surface area contributed by atoms with E-state index >= 15 is 0 Å². The summed E-state index contributed by atoms with van der Waals surface area (Å²) in [5.74, 6) is 0.553. The van der Waals surface area contributed by atoms with Crippen LogP contribution in [0.15, 0.2) is 54.6 Å². The second-order valence-corrected chi connectivity index (χ2v) is 6.73. The van der Waals surface area contributed by atoms with Gasteiger partial charge in [-0.2, -0.15) is 5.10 Å². The molecule has 0 saturated carbocycles. The fraction of sp³-hybridized carbons (Fsp3) is 0.250. The first-order chi connectivity index (χ1) is 12.5. The fourth-order valence-corrected chi connectivity index (χ4v) is 3.22. The zero-order valence-electron chi connectivity index (χ0n) is 14.9. The average molecular weight is 366 g/mol. The molecule has 0 aliphatic heterocycles. The number of rotatable bonds is 6. The van der Waals surface area contributed by atoms with Crippen LogP contribution in [-0.4, -0.2) is 20.7 Å². The van der Waals surface area contributed by atoms with E-state index in [0.29, 0.717) is 17.1 Å². The molecule has 3 rings (SSSR count). The molecular formula is C20H22N4OS. The molecule has 6 heteroatoms. The summed E-state index contributed by atoms with van der Waals surface area (Å²) in [7, 11) is 0. The van der Waals surface area contributed by atoms with E-state index in [1.54, 1.807) is 0 Å². The SMILES string of the molecule is Cc1ccccc1[C@H](C)NC(=O)Cc1n[nH]c(=S)n1Cc1ccccc1. The summed E-state index contributed by atoms with van der Waals surface area (Å²) < 4.78 is 2.38. The highest BCUT2D eigenvalue weighted by molar-refractivity contribution is 7.71. The maximum Gasteiger partial charge on any atom is 0.228 e. The van der Waals surface area contributed by atoms with E-state index in [0.717, 1.165) is 16.7 Å². The van der Waals surface area contributed by atoms with Gasteiger partial charge in [0.05, 0.1) is 19.0 Å². The number of nitrogens with one attached hydrogen (secondary N) is 2. The van der Waals surface area contributed by atoms with Gasteiger partial charge in [-0.1, -0.05) is 54.6 Å². The summed E-state index contributed by atoms with van der Waals surface area (Å²) >= 11 is 5.32. The third-order valence-corrected chi connectivity index (χ3v) is 4.68. The van der Waals surface area contributed by atoms with Crippen molar-refractivity contribution in [3.8, 4) is 0 Å². The highest BCUT2D eigenvalue weighted by Crippen LogP contribution is 2.16. The van der Waals surface area contributed by atoms with Gasteiger partial charge in [-0.25, -0.2) is 0 Å². The summed E-state index contributed by atoms with van der Waals surface area (Å²) in [5, 5.41) is 10.1. The number of aromatic amines is 1. The molecule has 0 spiro atoms. The summed E-state index contributed by atoms with van der Waals surface area (Å²) in [6.07, 6.45) is 0.177. The molecule has 0 fully saturated rings. The zero-order chi connectivity index (χ0) is 18.5. The smallest absolute Gasteiger partial charge is 0.228 e. The van der Waals surface area contributed by atoms with Crippen LogP contribution in [0, 0.1) is 11.7 Å². The molecule has 134 valence electrons. The topological polar surface area (TPSA) is 62.7 Å². The molecule has 0 bridgehead atoms. The van der Waals surface area contributed by atoms with Crippen molar-refractivity contribution in [3.05, 3.63) is 81.9 Å². The Balaban J connectivity index is 1.70. The number of aryl methyl sites for hydroxylation is 1. The van der Waals surface area contributed by atoms with E-state index in [4.69, 9.17) is 12.2 Å². The average Bonchev–Trinajstić information content (AvgIpc) is 2.96. The quantitative estimate of drug-likeness (QED) is 0.654. The molecular weight excluding hydrogens is 344 g/mol. The Morgan fingerprint density at radius 3 is 2.62 bits per heavy atom. The van der Waals surface area contributed by atoms with Crippen molar-refractivity contribution in [2.24, 2.45) is 0 Å². The highest BCUT2D eigenvalue weighted by atomic mass is 32.1. The second-order valence-electron chi connectivity index (χ2n) is 6.34. The van der Waals surface area contributed by atoms with Gasteiger partial charge in [0, 0.05) is 0 Å². The van der Waals surface area contributed by atoms with Crippen molar-refractivity contribution < 1.29 is 4.79 Å². The maximum absolute atomic E-state index is 12.5. The molecule has 0 aliphatic rings. The monoisotopic (exact) mass is 366 g/mol. The van der Waals surface area contributed by atoms with Gasteiger partial charge >= 0.3 is 0 Å². The number of carbonyl (C=O) groups is 1. The normalized spacial score (nSPS) is 11.9. The lowest BCUT2D eigenvalue weighted by molar-refractivity contribution is -0.121. The minimum Gasteiger partial charge on any atom is -0.349 e. The van der Waals surface area contributed by atoms with E-state index in [2.05, 4.69) is 15.5 Å². The fourth-order valence-electron chi connectivity index (χ4n) is 3.00. The van der Waals surface area contributed by atoms with Crippen LogP contribution < -0.4 is 5.32 Å². The minimum absolute atomic E-state index is 0.0619. The minimum atomic E-state index is -0.0796. The highest BCUT2D eigenvalue weighted by Gasteiger charge is 2.15. The third-order valence-electron chi connectivity index (χ3n) is 4.37. The molecule has 1 heterocycles. The van der Waals surface area contributed by atoms with Crippen LogP contribution in [0.4, 0.5) is 0 Å². The molecule has 2 aromatic carbocycles. The van der Waals surface area contributed by atoms with Crippen LogP contribution in [0.5, 0.6) is 0 Å². The molecule has 2 N–H and O–H groups in total. The van der Waals surface area contributed by atoms with Crippen molar-refractivity contribution in [2.45, 2.75) is 32.9 Å². The first kappa shape index (κ1) is 18.1. The predicted octanol–water partition coefficient (Wildman–Crippen LogP) is 3.72. The van der Waals surface area contributed by atoms with Crippen molar-refractivity contribution in [1.82, 2.24) is 20.1 Å². The molecule has 3 aromatic rings. The Hall–Kier alpha value is -2.73. The summed E-state index contributed by atoms with van der Waals surface area (Å²) in [5.41, 5.74) is 3.39. The lowest BCUT2D eigenvalue weighted by Gasteiger charge is -2.16. The number of carbonyl (C=O) groups excluding carboxylic acids is 1. The predicted molar refractivity (Wildman–Crippen MR) is 104 cm³/mol. The Morgan fingerprint density at radius 1 is 1.19 bits per heavy atom. The van der Waals surface area contributed by atoms with E-state index in [9.17, 15) is 4.79 Å². The van der Waals surface area contributed by atoms with Gasteiger partial charge in [-0.15, -0.1) is 0 Å². The van der Waals surface area contributed by atoms with Crippen LogP contribution in [0.3, 0.4) is 0 Å². The van der Waals surface area contributed by atoms with Crippen molar-refractivity contribution in [3.63, 3.8) is 0 Å². The van der Waals surface area contributed by atoms with Crippen molar-refractivity contribution in [1.29, 1.82) is 0 Å². The van der Waals surface area contributed by atoms with Crippen LogP contribution in [0.2, 0.25) is 0 Å². The van der Waals surface area contributed by atoms with Crippen molar-refractivity contribution in [2.75, 3.05) is 0 Å². The Kier molecular flexibility index (Phi) is 5.63. The Labute approximate surface area is 158 Å². The molecule has 0 unspecified atom stereocenters. The molecule has 5 nitrogen and oxygen atoms in total. The number of benzene rings is 2. The molecule has 0 aliphatic carbocycles. The second kappa shape index (κ2) is 8.10. The first-order valence-corrected chi connectivity index (χ1v) is 8.98. The van der Waals surface area contributed by atoms with Crippen LogP contribution in [-0.2, 0) is 17.8 Å². The first-order valence-electron chi connectivity index (χ1n) is 8.57. The molecule has 1 atom stereocenters. The van der Waals surface area contributed by atoms with E-state index < -0.39 is 0 Å². The standard InChI is InChI=1S/C20H22N4OS/c1-14-8-6-7-11-17(14)15(2)21-19(25)12-18-22-23-20(26)24(18)13-16-9-4-3-5-10-16/h3-11,15H,12-13H2,1-2H3,(H,21,25)(H,23,26)/t15-/m0/s1. The number of H-pyrrole nitrogens is 1. The van der Waals surface area contributed by atoms with Gasteiger partial charge < -0.3 is 5.32 Å². The molecule has 26 heavy (non-hydrogen) atoms. The van der Waals surface area contributed by atoms with Gasteiger partial charge in [-0.05, 0) is 42.8 Å². The number of nitrogens with zero attached hydrogens (tertiary/aromatic N) is 2. The van der Waals surface area contributed by atoms with Gasteiger partial charge in [0.25, 0.3) is 0 Å². The summed E-state index contributed by atoms with van der Waals surface area (Å²) in [6.45, 7) is 4.62. The lowest BCUT2D eigenvalue weighted by Crippen LogP contribution is -2.29. The molecule has 0 radical (unpaired) electrons. The van der Waals surface area contributed by atoms with Crippen molar-refractivity contribution >= 4 is 18.1 Å². The van der Waals surface area contributed by atoms with E-state index in [1.165, 1.54) is 0 Å². The summed E-state index contributed by atoms with van der Waals surface area (Å²) in [6, 6.07) is 18.0. The number of hydrogen-bond acceptors (Lipinski definition) is 3.